The molecule has 0 amide bonds. The van der Waals surface area contributed by atoms with Gasteiger partial charge in [0.1, 0.15) is 5.82 Å². The second kappa shape index (κ2) is 3.81. The lowest BCUT2D eigenvalue weighted by Crippen LogP contribution is -2.52. The average Bonchev–Trinajstić information content (AvgIpc) is 2.17. The van der Waals surface area contributed by atoms with Crippen molar-refractivity contribution in [3.05, 3.63) is 30.1 Å². The van der Waals surface area contributed by atoms with Crippen LogP contribution >= 0.6 is 0 Å². The molecular formula is C12H17FN2. The van der Waals surface area contributed by atoms with E-state index in [4.69, 9.17) is 5.73 Å². The van der Waals surface area contributed by atoms with Crippen LogP contribution in [0, 0.1) is 5.82 Å². The summed E-state index contributed by atoms with van der Waals surface area (Å²) < 4.78 is 12.8. The van der Waals surface area contributed by atoms with Crippen LogP contribution in [-0.4, -0.2) is 18.6 Å². The molecular weight excluding hydrogens is 191 g/mol. The van der Waals surface area contributed by atoms with Crippen molar-refractivity contribution in [1.82, 2.24) is 0 Å². The lowest BCUT2D eigenvalue weighted by atomic mass is 9.92. The quantitative estimate of drug-likeness (QED) is 0.766. The molecule has 2 N–H and O–H groups in total. The van der Waals surface area contributed by atoms with Gasteiger partial charge in [0.05, 0.1) is 0 Å². The van der Waals surface area contributed by atoms with E-state index < -0.39 is 0 Å². The van der Waals surface area contributed by atoms with Crippen molar-refractivity contribution in [3.8, 4) is 0 Å². The molecule has 0 radical (unpaired) electrons. The van der Waals surface area contributed by atoms with Gasteiger partial charge in [-0.1, -0.05) is 0 Å². The van der Waals surface area contributed by atoms with E-state index in [2.05, 4.69) is 11.8 Å². The number of benzene rings is 1. The zero-order valence-electron chi connectivity index (χ0n) is 9.04. The molecule has 0 saturated carbocycles. The zero-order chi connectivity index (χ0) is 10.9. The fourth-order valence-electron chi connectivity index (χ4n) is 2.14. The van der Waals surface area contributed by atoms with Gasteiger partial charge in [0.15, 0.2) is 0 Å². The van der Waals surface area contributed by atoms with Crippen molar-refractivity contribution in [2.75, 3.05) is 18.0 Å². The molecule has 1 atom stereocenters. The molecule has 1 aliphatic rings. The van der Waals surface area contributed by atoms with Crippen molar-refractivity contribution < 1.29 is 4.39 Å². The van der Waals surface area contributed by atoms with Gasteiger partial charge in [0, 0.05) is 24.3 Å². The van der Waals surface area contributed by atoms with Gasteiger partial charge in [-0.25, -0.2) is 4.39 Å². The Bertz CT molecular complexity index is 332. The normalized spacial score (nSPS) is 26.7. The monoisotopic (exact) mass is 208 g/mol. The molecule has 1 aromatic rings. The first kappa shape index (κ1) is 10.4. The maximum Gasteiger partial charge on any atom is 0.123 e. The molecule has 1 fully saturated rings. The highest BCUT2D eigenvalue weighted by Crippen LogP contribution is 2.24. The Balaban J connectivity index is 2.13. The van der Waals surface area contributed by atoms with Crippen LogP contribution in [0.4, 0.5) is 10.1 Å². The van der Waals surface area contributed by atoms with E-state index in [1.54, 1.807) is 0 Å². The maximum atomic E-state index is 12.8. The Morgan fingerprint density at radius 1 is 1.33 bits per heavy atom. The van der Waals surface area contributed by atoms with Gasteiger partial charge in [0.2, 0.25) is 0 Å². The van der Waals surface area contributed by atoms with E-state index in [1.807, 2.05) is 12.1 Å². The SMILES string of the molecule is CC1(N)CCCN(c2ccc(F)cc2)C1. The number of hydrogen-bond donors (Lipinski definition) is 1. The molecule has 82 valence electrons. The zero-order valence-corrected chi connectivity index (χ0v) is 9.04. The number of halogens is 1. The van der Waals surface area contributed by atoms with Gasteiger partial charge in [-0.2, -0.15) is 0 Å². The Labute approximate surface area is 89.9 Å². The van der Waals surface area contributed by atoms with Gasteiger partial charge in [0.25, 0.3) is 0 Å². The molecule has 1 saturated heterocycles. The first-order valence-electron chi connectivity index (χ1n) is 5.36. The van der Waals surface area contributed by atoms with Crippen molar-refractivity contribution >= 4 is 5.69 Å². The third-order valence-electron chi connectivity index (χ3n) is 2.92. The summed E-state index contributed by atoms with van der Waals surface area (Å²) in [7, 11) is 0. The fraction of sp³-hybridized carbons (Fsp3) is 0.500. The molecule has 1 aliphatic heterocycles. The van der Waals surface area contributed by atoms with Crippen LogP contribution in [0.3, 0.4) is 0 Å². The predicted octanol–water partition coefficient (Wildman–Crippen LogP) is 2.14. The second-order valence-corrected chi connectivity index (χ2v) is 4.66. The van der Waals surface area contributed by atoms with Crippen LogP contribution in [0.25, 0.3) is 0 Å². The predicted molar refractivity (Wildman–Crippen MR) is 60.4 cm³/mol. The van der Waals surface area contributed by atoms with Crippen LogP contribution in [0.2, 0.25) is 0 Å². The fourth-order valence-corrected chi connectivity index (χ4v) is 2.14. The Hall–Kier alpha value is -1.09. The minimum Gasteiger partial charge on any atom is -0.370 e. The number of piperidine rings is 1. The van der Waals surface area contributed by atoms with E-state index in [1.165, 1.54) is 12.1 Å². The molecule has 0 aromatic heterocycles. The van der Waals surface area contributed by atoms with Gasteiger partial charge < -0.3 is 10.6 Å². The first-order valence-corrected chi connectivity index (χ1v) is 5.36. The van der Waals surface area contributed by atoms with E-state index in [-0.39, 0.29) is 11.4 Å². The van der Waals surface area contributed by atoms with Gasteiger partial charge in [-0.05, 0) is 44.0 Å². The summed E-state index contributed by atoms with van der Waals surface area (Å²) >= 11 is 0. The van der Waals surface area contributed by atoms with Crippen molar-refractivity contribution in [2.24, 2.45) is 5.73 Å². The Morgan fingerprint density at radius 3 is 2.60 bits per heavy atom. The first-order chi connectivity index (χ1) is 7.07. The van der Waals surface area contributed by atoms with Crippen LogP contribution in [0.15, 0.2) is 24.3 Å². The molecule has 0 bridgehead atoms. The average molecular weight is 208 g/mol. The largest absolute Gasteiger partial charge is 0.370 e. The standard InChI is InChI=1S/C12H17FN2/c1-12(14)7-2-8-15(9-12)11-5-3-10(13)4-6-11/h3-6H,2,7-9,14H2,1H3. The summed E-state index contributed by atoms with van der Waals surface area (Å²) in [5, 5.41) is 0. The molecule has 1 heterocycles. The smallest absolute Gasteiger partial charge is 0.123 e. The van der Waals surface area contributed by atoms with E-state index in [0.717, 1.165) is 31.6 Å². The topological polar surface area (TPSA) is 29.3 Å². The van der Waals surface area contributed by atoms with Gasteiger partial charge in [-0.15, -0.1) is 0 Å². The third kappa shape index (κ3) is 2.48. The summed E-state index contributed by atoms with van der Waals surface area (Å²) in [5.74, 6) is -0.189. The lowest BCUT2D eigenvalue weighted by molar-refractivity contribution is 0.375. The molecule has 0 aliphatic carbocycles. The minimum atomic E-state index is -0.189. The van der Waals surface area contributed by atoms with Crippen LogP contribution in [0.5, 0.6) is 0 Å². The number of nitrogens with two attached hydrogens (primary N) is 1. The van der Waals surface area contributed by atoms with Crippen LogP contribution < -0.4 is 10.6 Å². The molecule has 3 heteroatoms. The van der Waals surface area contributed by atoms with Crippen LogP contribution in [-0.2, 0) is 0 Å². The summed E-state index contributed by atoms with van der Waals surface area (Å²) in [6.45, 7) is 3.93. The summed E-state index contributed by atoms with van der Waals surface area (Å²) in [6.07, 6.45) is 2.16. The van der Waals surface area contributed by atoms with Crippen molar-refractivity contribution in [2.45, 2.75) is 25.3 Å². The maximum absolute atomic E-state index is 12.8. The minimum absolute atomic E-state index is 0.118. The summed E-state index contributed by atoms with van der Waals surface area (Å²) in [4.78, 5) is 2.23. The number of hydrogen-bond acceptors (Lipinski definition) is 2. The number of nitrogens with zero attached hydrogens (tertiary/aromatic N) is 1. The summed E-state index contributed by atoms with van der Waals surface area (Å²) in [6, 6.07) is 6.63. The number of anilines is 1. The molecule has 1 unspecified atom stereocenters. The molecule has 2 rings (SSSR count). The highest BCUT2D eigenvalue weighted by atomic mass is 19.1. The molecule has 2 nitrogen and oxygen atoms in total. The third-order valence-corrected chi connectivity index (χ3v) is 2.92. The second-order valence-electron chi connectivity index (χ2n) is 4.66. The van der Waals surface area contributed by atoms with Crippen molar-refractivity contribution in [1.29, 1.82) is 0 Å². The van der Waals surface area contributed by atoms with Crippen molar-refractivity contribution in [3.63, 3.8) is 0 Å². The summed E-state index contributed by atoms with van der Waals surface area (Å²) in [5.41, 5.74) is 7.06. The molecule has 15 heavy (non-hydrogen) atoms. The van der Waals surface area contributed by atoms with E-state index >= 15 is 0 Å². The van der Waals surface area contributed by atoms with E-state index in [0.29, 0.717) is 0 Å². The van der Waals surface area contributed by atoms with Gasteiger partial charge >= 0.3 is 0 Å². The highest BCUT2D eigenvalue weighted by Gasteiger charge is 2.26. The molecule has 0 spiro atoms. The number of rotatable bonds is 1. The highest BCUT2D eigenvalue weighted by molar-refractivity contribution is 5.47. The Morgan fingerprint density at radius 2 is 2.00 bits per heavy atom. The Kier molecular flexibility index (Phi) is 2.65. The molecule has 1 aromatic carbocycles. The lowest BCUT2D eigenvalue weighted by Gasteiger charge is -2.39. The van der Waals surface area contributed by atoms with E-state index in [9.17, 15) is 4.39 Å². The van der Waals surface area contributed by atoms with Gasteiger partial charge in [-0.3, -0.25) is 0 Å². The van der Waals surface area contributed by atoms with Crippen LogP contribution in [0.1, 0.15) is 19.8 Å².